The van der Waals surface area contributed by atoms with E-state index in [0.717, 1.165) is 23.2 Å². The lowest BCUT2D eigenvalue weighted by molar-refractivity contribution is -0.138. The Morgan fingerprint density at radius 2 is 2.28 bits per heavy atom. The smallest absolute Gasteiger partial charge is 0.317 e. The molecule has 2 N–H and O–H groups in total. The number of likely N-dealkylation sites (N-methyl/N-ethyl adjacent to an activating group) is 1. The van der Waals surface area contributed by atoms with Gasteiger partial charge in [0, 0.05) is 12.2 Å². The fourth-order valence-corrected chi connectivity index (χ4v) is 2.07. The first-order valence-electron chi connectivity index (χ1n) is 5.86. The van der Waals surface area contributed by atoms with Gasteiger partial charge in [-0.1, -0.05) is 12.1 Å². The average Bonchev–Trinajstić information content (AvgIpc) is 2.64. The molecule has 0 fully saturated rings. The van der Waals surface area contributed by atoms with E-state index < -0.39 is 5.97 Å². The number of carboxylic acid groups (broad SMARTS) is 1. The molecule has 18 heavy (non-hydrogen) atoms. The molecule has 96 valence electrons. The minimum Gasteiger partial charge on any atom is -0.480 e. The molecular formula is C13H16N2O3. The molecule has 0 aromatic heterocycles. The van der Waals surface area contributed by atoms with Crippen LogP contribution in [0.15, 0.2) is 18.2 Å². The summed E-state index contributed by atoms with van der Waals surface area (Å²) < 4.78 is 0. The van der Waals surface area contributed by atoms with E-state index in [0.29, 0.717) is 13.0 Å². The van der Waals surface area contributed by atoms with Crippen molar-refractivity contribution in [1.29, 1.82) is 0 Å². The van der Waals surface area contributed by atoms with E-state index in [4.69, 9.17) is 5.11 Å². The number of anilines is 1. The fourth-order valence-electron chi connectivity index (χ4n) is 2.07. The molecule has 0 atom stereocenters. The zero-order valence-corrected chi connectivity index (χ0v) is 10.3. The third-order valence-corrected chi connectivity index (χ3v) is 2.98. The number of carbonyl (C=O) groups excluding carboxylic acids is 1. The third-order valence-electron chi connectivity index (χ3n) is 2.98. The molecule has 5 heteroatoms. The summed E-state index contributed by atoms with van der Waals surface area (Å²) in [5.74, 6) is -0.786. The number of rotatable bonds is 5. The lowest BCUT2D eigenvalue weighted by Gasteiger charge is -2.13. The summed E-state index contributed by atoms with van der Waals surface area (Å²) in [6.45, 7) is 0.734. The van der Waals surface area contributed by atoms with Crippen LogP contribution in [0.25, 0.3) is 0 Å². The maximum absolute atomic E-state index is 11.2. The second-order valence-corrected chi connectivity index (χ2v) is 4.60. The van der Waals surface area contributed by atoms with E-state index >= 15 is 0 Å². The summed E-state index contributed by atoms with van der Waals surface area (Å²) in [5, 5.41) is 11.4. The van der Waals surface area contributed by atoms with Gasteiger partial charge in [0.15, 0.2) is 0 Å². The van der Waals surface area contributed by atoms with E-state index in [1.54, 1.807) is 11.9 Å². The number of carboxylic acids is 1. The Bertz CT molecular complexity index is 485. The van der Waals surface area contributed by atoms with E-state index in [2.05, 4.69) is 5.32 Å². The molecule has 0 spiro atoms. The molecule has 1 aliphatic heterocycles. The lowest BCUT2D eigenvalue weighted by Crippen LogP contribution is -2.27. The number of nitrogens with one attached hydrogen (secondary N) is 1. The molecule has 1 aliphatic rings. The van der Waals surface area contributed by atoms with Gasteiger partial charge < -0.3 is 10.4 Å². The molecule has 1 heterocycles. The molecule has 5 nitrogen and oxygen atoms in total. The quantitative estimate of drug-likeness (QED) is 0.806. The highest BCUT2D eigenvalue weighted by molar-refractivity contribution is 5.99. The van der Waals surface area contributed by atoms with E-state index in [1.165, 1.54) is 0 Å². The van der Waals surface area contributed by atoms with Gasteiger partial charge in [0.1, 0.15) is 0 Å². The van der Waals surface area contributed by atoms with Crippen molar-refractivity contribution in [3.05, 3.63) is 29.3 Å². The van der Waals surface area contributed by atoms with Crippen molar-refractivity contribution in [2.45, 2.75) is 12.8 Å². The van der Waals surface area contributed by atoms with Gasteiger partial charge in [-0.05, 0) is 30.7 Å². The minimum absolute atomic E-state index is 0.0325. The van der Waals surface area contributed by atoms with Crippen LogP contribution in [0, 0.1) is 0 Å². The largest absolute Gasteiger partial charge is 0.480 e. The van der Waals surface area contributed by atoms with Crippen LogP contribution in [0.2, 0.25) is 0 Å². The Balaban J connectivity index is 1.93. The molecule has 0 saturated carbocycles. The number of fused-ring (bicyclic) bond motifs is 1. The van der Waals surface area contributed by atoms with Gasteiger partial charge in [-0.2, -0.15) is 0 Å². The van der Waals surface area contributed by atoms with Crippen molar-refractivity contribution in [2.24, 2.45) is 0 Å². The maximum atomic E-state index is 11.2. The first-order chi connectivity index (χ1) is 8.54. The minimum atomic E-state index is -0.818. The second kappa shape index (κ2) is 5.18. The van der Waals surface area contributed by atoms with Crippen LogP contribution in [-0.2, 0) is 22.4 Å². The van der Waals surface area contributed by atoms with Gasteiger partial charge in [-0.15, -0.1) is 0 Å². The van der Waals surface area contributed by atoms with Crippen molar-refractivity contribution in [3.8, 4) is 0 Å². The predicted octanol–water partition coefficient (Wildman–Crippen LogP) is 0.740. The second-order valence-electron chi connectivity index (χ2n) is 4.60. The van der Waals surface area contributed by atoms with Gasteiger partial charge in [0.2, 0.25) is 5.91 Å². The predicted molar refractivity (Wildman–Crippen MR) is 67.6 cm³/mol. The third kappa shape index (κ3) is 3.07. The summed E-state index contributed by atoms with van der Waals surface area (Å²) >= 11 is 0. The van der Waals surface area contributed by atoms with Crippen LogP contribution >= 0.6 is 0 Å². The highest BCUT2D eigenvalue weighted by atomic mass is 16.4. The van der Waals surface area contributed by atoms with E-state index in [9.17, 15) is 9.59 Å². The molecule has 0 unspecified atom stereocenters. The topological polar surface area (TPSA) is 69.6 Å². The monoisotopic (exact) mass is 248 g/mol. The number of nitrogens with zero attached hydrogens (tertiary/aromatic N) is 1. The number of amides is 1. The van der Waals surface area contributed by atoms with Crippen molar-refractivity contribution in [3.63, 3.8) is 0 Å². The highest BCUT2D eigenvalue weighted by Gasteiger charge is 2.17. The van der Waals surface area contributed by atoms with Crippen LogP contribution in [-0.4, -0.2) is 42.0 Å². The summed E-state index contributed by atoms with van der Waals surface area (Å²) in [5.41, 5.74) is 3.04. The number of hydrogen-bond acceptors (Lipinski definition) is 3. The lowest BCUT2D eigenvalue weighted by atomic mass is 10.1. The number of carbonyl (C=O) groups is 2. The Kier molecular flexibility index (Phi) is 3.62. The molecule has 1 amide bonds. The van der Waals surface area contributed by atoms with Gasteiger partial charge in [-0.25, -0.2) is 0 Å². The fraction of sp³-hybridized carbons (Fsp3) is 0.385. The van der Waals surface area contributed by atoms with Crippen LogP contribution < -0.4 is 5.32 Å². The molecule has 2 rings (SSSR count). The highest BCUT2D eigenvalue weighted by Crippen LogP contribution is 2.23. The zero-order chi connectivity index (χ0) is 13.1. The first-order valence-corrected chi connectivity index (χ1v) is 5.86. The zero-order valence-electron chi connectivity index (χ0n) is 10.3. The first kappa shape index (κ1) is 12.6. The summed E-state index contributed by atoms with van der Waals surface area (Å²) in [6.07, 6.45) is 1.22. The summed E-state index contributed by atoms with van der Waals surface area (Å²) in [6, 6.07) is 5.90. The van der Waals surface area contributed by atoms with Gasteiger partial charge in [0.25, 0.3) is 0 Å². The van der Waals surface area contributed by atoms with Gasteiger partial charge >= 0.3 is 5.97 Å². The molecule has 1 aromatic carbocycles. The van der Waals surface area contributed by atoms with Crippen molar-refractivity contribution < 1.29 is 14.7 Å². The van der Waals surface area contributed by atoms with Crippen molar-refractivity contribution >= 4 is 17.6 Å². The molecule has 0 radical (unpaired) electrons. The van der Waals surface area contributed by atoms with Crippen LogP contribution in [0.3, 0.4) is 0 Å². The number of aliphatic carboxylic acids is 1. The van der Waals surface area contributed by atoms with Crippen LogP contribution in [0.5, 0.6) is 0 Å². The van der Waals surface area contributed by atoms with E-state index in [1.807, 2.05) is 18.2 Å². The molecular weight excluding hydrogens is 232 g/mol. The molecule has 0 saturated heterocycles. The molecule has 1 aromatic rings. The Morgan fingerprint density at radius 1 is 1.50 bits per heavy atom. The summed E-state index contributed by atoms with van der Waals surface area (Å²) in [7, 11) is 1.78. The van der Waals surface area contributed by atoms with Crippen molar-refractivity contribution in [1.82, 2.24) is 4.90 Å². The van der Waals surface area contributed by atoms with Crippen LogP contribution in [0.1, 0.15) is 11.1 Å². The Hall–Kier alpha value is -1.88. The Labute approximate surface area is 105 Å². The number of hydrogen-bond donors (Lipinski definition) is 2. The summed E-state index contributed by atoms with van der Waals surface area (Å²) in [4.78, 5) is 23.5. The molecule has 0 bridgehead atoms. The Morgan fingerprint density at radius 3 is 3.00 bits per heavy atom. The van der Waals surface area contributed by atoms with E-state index in [-0.39, 0.29) is 12.5 Å². The standard InChI is InChI=1S/C13H16N2O3/c1-15(8-13(17)18)5-4-9-2-3-11-10(6-9)7-12(16)14-11/h2-3,6H,4-5,7-8H2,1H3,(H,14,16)(H,17,18). The van der Waals surface area contributed by atoms with Gasteiger partial charge in [-0.3, -0.25) is 14.5 Å². The van der Waals surface area contributed by atoms with Crippen LogP contribution in [0.4, 0.5) is 5.69 Å². The molecule has 0 aliphatic carbocycles. The normalized spacial score (nSPS) is 13.6. The van der Waals surface area contributed by atoms with Gasteiger partial charge in [0.05, 0.1) is 13.0 Å². The SMILES string of the molecule is CN(CCc1ccc2c(c1)CC(=O)N2)CC(=O)O. The average molecular weight is 248 g/mol. The van der Waals surface area contributed by atoms with Crippen molar-refractivity contribution in [2.75, 3.05) is 25.5 Å². The maximum Gasteiger partial charge on any atom is 0.317 e. The number of benzene rings is 1.